The second kappa shape index (κ2) is 9.55. The van der Waals surface area contributed by atoms with E-state index in [2.05, 4.69) is 20.6 Å². The Hall–Kier alpha value is -3.35. The topological polar surface area (TPSA) is 66.9 Å². The van der Waals surface area contributed by atoms with Crippen molar-refractivity contribution in [1.82, 2.24) is 15.3 Å². The SMILES string of the molecule is O=C(NCCc1ccc(F)cc1)c1cnc(NCCc2ccc(F)cc2)cn1. The van der Waals surface area contributed by atoms with Crippen LogP contribution in [-0.2, 0) is 12.8 Å². The third kappa shape index (κ3) is 5.84. The molecule has 3 rings (SSSR count). The average molecular weight is 382 g/mol. The highest BCUT2D eigenvalue weighted by atomic mass is 19.1. The van der Waals surface area contributed by atoms with E-state index in [1.165, 1.54) is 36.7 Å². The Morgan fingerprint density at radius 1 is 0.786 bits per heavy atom. The Balaban J connectivity index is 1.42. The van der Waals surface area contributed by atoms with Gasteiger partial charge in [0.25, 0.3) is 5.91 Å². The van der Waals surface area contributed by atoms with Crippen LogP contribution >= 0.6 is 0 Å². The van der Waals surface area contributed by atoms with Gasteiger partial charge in [-0.25, -0.2) is 18.7 Å². The van der Waals surface area contributed by atoms with Crippen molar-refractivity contribution >= 4 is 11.7 Å². The van der Waals surface area contributed by atoms with E-state index in [9.17, 15) is 13.6 Å². The van der Waals surface area contributed by atoms with Crippen LogP contribution in [0.4, 0.5) is 14.6 Å². The van der Waals surface area contributed by atoms with Crippen molar-refractivity contribution in [2.45, 2.75) is 12.8 Å². The lowest BCUT2D eigenvalue weighted by Crippen LogP contribution is -2.26. The van der Waals surface area contributed by atoms with E-state index in [0.717, 1.165) is 11.1 Å². The number of anilines is 1. The molecule has 0 radical (unpaired) electrons. The monoisotopic (exact) mass is 382 g/mol. The van der Waals surface area contributed by atoms with Crippen LogP contribution in [0.25, 0.3) is 0 Å². The maximum Gasteiger partial charge on any atom is 0.271 e. The van der Waals surface area contributed by atoms with Crippen molar-refractivity contribution < 1.29 is 13.6 Å². The summed E-state index contributed by atoms with van der Waals surface area (Å²) in [7, 11) is 0. The second-order valence-corrected chi connectivity index (χ2v) is 6.22. The molecule has 1 aromatic heterocycles. The number of hydrogen-bond acceptors (Lipinski definition) is 4. The number of hydrogen-bond donors (Lipinski definition) is 2. The van der Waals surface area contributed by atoms with Crippen LogP contribution in [0, 0.1) is 11.6 Å². The molecule has 0 aliphatic carbocycles. The van der Waals surface area contributed by atoms with Gasteiger partial charge in [-0.3, -0.25) is 4.79 Å². The average Bonchev–Trinajstić information content (AvgIpc) is 2.71. The molecule has 1 amide bonds. The van der Waals surface area contributed by atoms with Crippen LogP contribution in [0.15, 0.2) is 60.9 Å². The fraction of sp³-hybridized carbons (Fsp3) is 0.190. The number of nitrogens with zero attached hydrogens (tertiary/aromatic N) is 2. The lowest BCUT2D eigenvalue weighted by molar-refractivity contribution is 0.0949. The van der Waals surface area contributed by atoms with E-state index in [1.54, 1.807) is 24.3 Å². The summed E-state index contributed by atoms with van der Waals surface area (Å²) < 4.78 is 25.7. The van der Waals surface area contributed by atoms with Crippen LogP contribution < -0.4 is 10.6 Å². The summed E-state index contributed by atoms with van der Waals surface area (Å²) in [5.41, 5.74) is 2.18. The minimum absolute atomic E-state index is 0.225. The summed E-state index contributed by atoms with van der Waals surface area (Å²) in [4.78, 5) is 20.4. The van der Waals surface area contributed by atoms with E-state index in [0.29, 0.717) is 31.7 Å². The molecule has 7 heteroatoms. The third-order valence-corrected chi connectivity index (χ3v) is 4.13. The molecule has 0 unspecified atom stereocenters. The highest BCUT2D eigenvalue weighted by molar-refractivity contribution is 5.91. The summed E-state index contributed by atoms with van der Waals surface area (Å²) in [5.74, 6) is -0.291. The molecule has 0 spiro atoms. The van der Waals surface area contributed by atoms with Gasteiger partial charge in [-0.1, -0.05) is 24.3 Å². The normalized spacial score (nSPS) is 10.5. The summed E-state index contributed by atoms with van der Waals surface area (Å²) in [5, 5.41) is 5.88. The molecule has 5 nitrogen and oxygen atoms in total. The van der Waals surface area contributed by atoms with Gasteiger partial charge in [-0.2, -0.15) is 0 Å². The van der Waals surface area contributed by atoms with E-state index >= 15 is 0 Å². The summed E-state index contributed by atoms with van der Waals surface area (Å²) in [6.07, 6.45) is 4.23. The number of halogens is 2. The van der Waals surface area contributed by atoms with E-state index < -0.39 is 0 Å². The van der Waals surface area contributed by atoms with Crippen LogP contribution in [-0.4, -0.2) is 29.0 Å². The highest BCUT2D eigenvalue weighted by Crippen LogP contribution is 2.06. The second-order valence-electron chi connectivity index (χ2n) is 6.22. The van der Waals surface area contributed by atoms with Crippen LogP contribution in [0.2, 0.25) is 0 Å². The van der Waals surface area contributed by atoms with Gasteiger partial charge in [0.2, 0.25) is 0 Å². The molecule has 0 bridgehead atoms. The maximum atomic E-state index is 12.9. The van der Waals surface area contributed by atoms with Gasteiger partial charge in [0.1, 0.15) is 23.1 Å². The first-order valence-corrected chi connectivity index (χ1v) is 8.93. The highest BCUT2D eigenvalue weighted by Gasteiger charge is 2.07. The van der Waals surface area contributed by atoms with Gasteiger partial charge in [0.05, 0.1) is 12.4 Å². The van der Waals surface area contributed by atoms with Crippen molar-refractivity contribution in [3.8, 4) is 0 Å². The Morgan fingerprint density at radius 3 is 1.89 bits per heavy atom. The van der Waals surface area contributed by atoms with Crippen LogP contribution in [0.3, 0.4) is 0 Å². The minimum Gasteiger partial charge on any atom is -0.368 e. The number of amides is 1. The molecule has 144 valence electrons. The number of rotatable bonds is 8. The molecular weight excluding hydrogens is 362 g/mol. The molecule has 2 N–H and O–H groups in total. The smallest absolute Gasteiger partial charge is 0.271 e. The number of carbonyl (C=O) groups excluding carboxylic acids is 1. The molecule has 0 aliphatic heterocycles. The molecular formula is C21H20F2N4O. The Labute approximate surface area is 161 Å². The van der Waals surface area contributed by atoms with Crippen molar-refractivity contribution in [3.63, 3.8) is 0 Å². The molecule has 0 saturated carbocycles. The zero-order chi connectivity index (χ0) is 19.8. The lowest BCUT2D eigenvalue weighted by Gasteiger charge is -2.07. The zero-order valence-corrected chi connectivity index (χ0v) is 15.2. The van der Waals surface area contributed by atoms with Crippen molar-refractivity contribution in [3.05, 3.63) is 89.4 Å². The molecule has 0 saturated heterocycles. The van der Waals surface area contributed by atoms with Crippen molar-refractivity contribution in [2.75, 3.05) is 18.4 Å². The molecule has 0 aliphatic rings. The molecule has 3 aromatic rings. The minimum atomic E-state index is -0.313. The fourth-order valence-electron chi connectivity index (χ4n) is 2.58. The number of aromatic nitrogens is 2. The molecule has 28 heavy (non-hydrogen) atoms. The van der Waals surface area contributed by atoms with E-state index in [4.69, 9.17) is 0 Å². The van der Waals surface area contributed by atoms with Gasteiger partial charge in [0, 0.05) is 13.1 Å². The maximum absolute atomic E-state index is 12.9. The first-order chi connectivity index (χ1) is 13.6. The predicted octanol–water partition coefficient (Wildman–Crippen LogP) is 3.38. The van der Waals surface area contributed by atoms with E-state index in [-0.39, 0.29) is 23.2 Å². The molecule has 0 atom stereocenters. The fourth-order valence-corrected chi connectivity index (χ4v) is 2.58. The summed E-state index contributed by atoms with van der Waals surface area (Å²) >= 11 is 0. The largest absolute Gasteiger partial charge is 0.368 e. The van der Waals surface area contributed by atoms with Gasteiger partial charge in [0.15, 0.2) is 0 Å². The number of benzene rings is 2. The lowest BCUT2D eigenvalue weighted by atomic mass is 10.1. The molecule has 2 aromatic carbocycles. The molecule has 1 heterocycles. The first-order valence-electron chi connectivity index (χ1n) is 8.93. The van der Waals surface area contributed by atoms with Gasteiger partial charge in [-0.05, 0) is 48.2 Å². The van der Waals surface area contributed by atoms with Crippen molar-refractivity contribution in [1.29, 1.82) is 0 Å². The Bertz CT molecular complexity index is 897. The van der Waals surface area contributed by atoms with E-state index in [1.807, 2.05) is 0 Å². The standard InChI is InChI=1S/C21H20F2N4O/c22-17-5-1-15(2-6-17)9-11-24-20-14-26-19(13-27-20)21(28)25-12-10-16-3-7-18(23)8-4-16/h1-8,13-14H,9-12H2,(H,24,27)(H,25,28). The zero-order valence-electron chi connectivity index (χ0n) is 15.2. The third-order valence-electron chi connectivity index (χ3n) is 4.13. The first kappa shape index (κ1) is 19.4. The quantitative estimate of drug-likeness (QED) is 0.627. The number of carbonyl (C=O) groups is 1. The van der Waals surface area contributed by atoms with Gasteiger partial charge in [-0.15, -0.1) is 0 Å². The molecule has 0 fully saturated rings. The predicted molar refractivity (Wildman–Crippen MR) is 103 cm³/mol. The summed E-state index contributed by atoms with van der Waals surface area (Å²) in [6, 6.07) is 12.5. The van der Waals surface area contributed by atoms with Gasteiger partial charge < -0.3 is 10.6 Å². The number of nitrogens with one attached hydrogen (secondary N) is 2. The van der Waals surface area contributed by atoms with Crippen LogP contribution in [0.5, 0.6) is 0 Å². The van der Waals surface area contributed by atoms with Crippen molar-refractivity contribution in [2.24, 2.45) is 0 Å². The Morgan fingerprint density at radius 2 is 1.36 bits per heavy atom. The van der Waals surface area contributed by atoms with Gasteiger partial charge >= 0.3 is 0 Å². The Kier molecular flexibility index (Phi) is 6.62. The van der Waals surface area contributed by atoms with Crippen LogP contribution in [0.1, 0.15) is 21.6 Å². The summed E-state index contributed by atoms with van der Waals surface area (Å²) in [6.45, 7) is 1.04.